The van der Waals surface area contributed by atoms with Crippen LogP contribution >= 0.6 is 23.4 Å². The first kappa shape index (κ1) is 14.1. The van der Waals surface area contributed by atoms with E-state index in [2.05, 4.69) is 27.8 Å². The molecule has 1 N–H and O–H groups in total. The minimum absolute atomic E-state index is 0.708. The first-order valence-electron chi connectivity index (χ1n) is 6.16. The molecule has 0 fully saturated rings. The van der Waals surface area contributed by atoms with Crippen molar-refractivity contribution in [3.05, 3.63) is 29.5 Å². The average molecular weight is 298 g/mol. The summed E-state index contributed by atoms with van der Waals surface area (Å²) in [6.45, 7) is 3.08. The van der Waals surface area contributed by atoms with Gasteiger partial charge in [-0.15, -0.1) is 5.10 Å². The van der Waals surface area contributed by atoms with Crippen LogP contribution in [0.1, 0.15) is 13.3 Å². The number of thioether (sulfide) groups is 1. The number of rotatable bonds is 7. The van der Waals surface area contributed by atoms with Crippen LogP contribution in [0.15, 0.2) is 24.5 Å². The summed E-state index contributed by atoms with van der Waals surface area (Å²) in [6, 6.07) is 5.68. The lowest BCUT2D eigenvalue weighted by Crippen LogP contribution is -2.04. The smallest absolute Gasteiger partial charge is 0.143 e. The molecule has 0 unspecified atom stereocenters. The Morgan fingerprint density at radius 1 is 1.42 bits per heavy atom. The molecule has 1 aromatic carbocycles. The second-order valence-electron chi connectivity index (χ2n) is 3.90. The molecular formula is C12H16ClN5S. The molecule has 7 heteroatoms. The first-order chi connectivity index (χ1) is 9.31. The van der Waals surface area contributed by atoms with E-state index in [-0.39, 0.29) is 0 Å². The van der Waals surface area contributed by atoms with E-state index in [0.717, 1.165) is 35.8 Å². The second-order valence-corrected chi connectivity index (χ2v) is 5.70. The highest BCUT2D eigenvalue weighted by atomic mass is 35.5. The summed E-state index contributed by atoms with van der Waals surface area (Å²) in [5.41, 5.74) is 1.80. The van der Waals surface area contributed by atoms with Gasteiger partial charge in [0.15, 0.2) is 0 Å². The summed E-state index contributed by atoms with van der Waals surface area (Å²) in [5, 5.41) is 15.2. The maximum absolute atomic E-state index is 6.17. The Morgan fingerprint density at radius 2 is 2.32 bits per heavy atom. The van der Waals surface area contributed by atoms with Crippen LogP contribution in [-0.2, 0) is 0 Å². The van der Waals surface area contributed by atoms with Crippen molar-refractivity contribution in [1.29, 1.82) is 0 Å². The van der Waals surface area contributed by atoms with E-state index in [0.29, 0.717) is 5.02 Å². The molecule has 0 saturated heterocycles. The van der Waals surface area contributed by atoms with Gasteiger partial charge in [-0.2, -0.15) is 11.8 Å². The van der Waals surface area contributed by atoms with Crippen molar-refractivity contribution in [3.8, 4) is 5.69 Å². The number of nitrogens with zero attached hydrogens (tertiary/aromatic N) is 4. The standard InChI is InChI=1S/C12H16ClN5S/c1-2-19-7-3-6-14-12-8-10(4-5-11(12)13)18-9-15-16-17-18/h4-5,8-9,14H,2-3,6-7H2,1H3. The van der Waals surface area contributed by atoms with Crippen LogP contribution in [0.5, 0.6) is 0 Å². The van der Waals surface area contributed by atoms with Crippen molar-refractivity contribution < 1.29 is 0 Å². The lowest BCUT2D eigenvalue weighted by molar-refractivity contribution is 0.789. The lowest BCUT2D eigenvalue weighted by Gasteiger charge is -2.10. The quantitative estimate of drug-likeness (QED) is 0.796. The largest absolute Gasteiger partial charge is 0.384 e. The molecule has 19 heavy (non-hydrogen) atoms. The molecule has 1 aromatic heterocycles. The van der Waals surface area contributed by atoms with Gasteiger partial charge in [-0.1, -0.05) is 18.5 Å². The normalized spacial score (nSPS) is 10.6. The van der Waals surface area contributed by atoms with E-state index in [1.54, 1.807) is 11.0 Å². The fraction of sp³-hybridized carbons (Fsp3) is 0.417. The SMILES string of the molecule is CCSCCCNc1cc(-n2cnnn2)ccc1Cl. The molecule has 0 spiro atoms. The third-order valence-electron chi connectivity index (χ3n) is 2.55. The molecule has 2 aromatic rings. The number of hydrogen-bond donors (Lipinski definition) is 1. The highest BCUT2D eigenvalue weighted by Crippen LogP contribution is 2.24. The van der Waals surface area contributed by atoms with E-state index in [1.807, 2.05) is 30.0 Å². The minimum atomic E-state index is 0.708. The van der Waals surface area contributed by atoms with Crippen LogP contribution in [0.25, 0.3) is 5.69 Å². The minimum Gasteiger partial charge on any atom is -0.384 e. The summed E-state index contributed by atoms with van der Waals surface area (Å²) in [4.78, 5) is 0. The zero-order valence-corrected chi connectivity index (χ0v) is 12.3. The van der Waals surface area contributed by atoms with Crippen molar-refractivity contribution >= 4 is 29.1 Å². The zero-order valence-electron chi connectivity index (χ0n) is 10.7. The van der Waals surface area contributed by atoms with Gasteiger partial charge in [-0.3, -0.25) is 0 Å². The number of benzene rings is 1. The first-order valence-corrected chi connectivity index (χ1v) is 7.69. The van der Waals surface area contributed by atoms with Crippen molar-refractivity contribution in [2.24, 2.45) is 0 Å². The Morgan fingerprint density at radius 3 is 3.05 bits per heavy atom. The highest BCUT2D eigenvalue weighted by Gasteiger charge is 2.04. The fourth-order valence-corrected chi connectivity index (χ4v) is 2.43. The topological polar surface area (TPSA) is 55.6 Å². The summed E-state index contributed by atoms with van der Waals surface area (Å²) in [7, 11) is 0. The number of aromatic nitrogens is 4. The summed E-state index contributed by atoms with van der Waals surface area (Å²) in [5.74, 6) is 2.32. The van der Waals surface area contributed by atoms with Gasteiger partial charge in [0.25, 0.3) is 0 Å². The number of nitrogens with one attached hydrogen (secondary N) is 1. The third kappa shape index (κ3) is 4.11. The van der Waals surface area contributed by atoms with E-state index < -0.39 is 0 Å². The molecule has 0 aliphatic carbocycles. The number of hydrogen-bond acceptors (Lipinski definition) is 5. The van der Waals surface area contributed by atoms with Crippen LogP contribution in [-0.4, -0.2) is 38.3 Å². The van der Waals surface area contributed by atoms with Crippen LogP contribution in [0, 0.1) is 0 Å². The monoisotopic (exact) mass is 297 g/mol. The Labute approximate surface area is 121 Å². The predicted octanol–water partition coefficient (Wildman–Crippen LogP) is 2.87. The molecule has 102 valence electrons. The van der Waals surface area contributed by atoms with E-state index in [4.69, 9.17) is 11.6 Å². The Hall–Kier alpha value is -1.27. The van der Waals surface area contributed by atoms with Crippen molar-refractivity contribution in [3.63, 3.8) is 0 Å². The third-order valence-corrected chi connectivity index (χ3v) is 3.86. The number of halogens is 1. The Kier molecular flexibility index (Phi) is 5.47. The summed E-state index contributed by atoms with van der Waals surface area (Å²) < 4.78 is 1.61. The van der Waals surface area contributed by atoms with Crippen LogP contribution < -0.4 is 5.32 Å². The van der Waals surface area contributed by atoms with Gasteiger partial charge in [-0.05, 0) is 46.6 Å². The molecule has 0 saturated carbocycles. The van der Waals surface area contributed by atoms with Gasteiger partial charge in [0.2, 0.25) is 0 Å². The molecule has 0 radical (unpaired) electrons. The molecule has 1 heterocycles. The number of tetrazole rings is 1. The lowest BCUT2D eigenvalue weighted by atomic mass is 10.2. The summed E-state index contributed by atoms with van der Waals surface area (Å²) in [6.07, 6.45) is 2.68. The van der Waals surface area contributed by atoms with Gasteiger partial charge < -0.3 is 5.32 Å². The van der Waals surface area contributed by atoms with E-state index in [9.17, 15) is 0 Å². The van der Waals surface area contributed by atoms with E-state index >= 15 is 0 Å². The summed E-state index contributed by atoms with van der Waals surface area (Å²) >= 11 is 8.11. The maximum Gasteiger partial charge on any atom is 0.143 e. The molecular weight excluding hydrogens is 282 g/mol. The van der Waals surface area contributed by atoms with Crippen LogP contribution in [0.2, 0.25) is 5.02 Å². The Bertz CT molecular complexity index is 503. The van der Waals surface area contributed by atoms with Gasteiger partial charge >= 0.3 is 0 Å². The van der Waals surface area contributed by atoms with Crippen molar-refractivity contribution in [1.82, 2.24) is 20.2 Å². The molecule has 5 nitrogen and oxygen atoms in total. The fourth-order valence-electron chi connectivity index (χ4n) is 1.61. The van der Waals surface area contributed by atoms with Gasteiger partial charge in [0, 0.05) is 6.54 Å². The number of anilines is 1. The van der Waals surface area contributed by atoms with Crippen molar-refractivity contribution in [2.45, 2.75) is 13.3 Å². The highest BCUT2D eigenvalue weighted by molar-refractivity contribution is 7.99. The molecule has 2 rings (SSSR count). The zero-order chi connectivity index (χ0) is 13.5. The molecule has 0 bridgehead atoms. The molecule has 0 aliphatic heterocycles. The van der Waals surface area contributed by atoms with E-state index in [1.165, 1.54) is 0 Å². The maximum atomic E-state index is 6.17. The second kappa shape index (κ2) is 7.35. The van der Waals surface area contributed by atoms with Gasteiger partial charge in [-0.25, -0.2) is 4.68 Å². The van der Waals surface area contributed by atoms with Gasteiger partial charge in [0.05, 0.1) is 16.4 Å². The van der Waals surface area contributed by atoms with Crippen molar-refractivity contribution in [2.75, 3.05) is 23.4 Å². The van der Waals surface area contributed by atoms with Crippen LogP contribution in [0.4, 0.5) is 5.69 Å². The molecule has 0 aliphatic rings. The predicted molar refractivity (Wildman–Crippen MR) is 80.3 cm³/mol. The average Bonchev–Trinajstić information content (AvgIpc) is 2.94. The van der Waals surface area contributed by atoms with Gasteiger partial charge in [0.1, 0.15) is 6.33 Å². The molecule has 0 amide bonds. The van der Waals surface area contributed by atoms with Crippen LogP contribution in [0.3, 0.4) is 0 Å². The molecule has 0 atom stereocenters. The Balaban J connectivity index is 1.98.